The zero-order valence-electron chi connectivity index (χ0n) is 8.48. The number of rotatable bonds is 4. The van der Waals surface area contributed by atoms with Crippen molar-refractivity contribution in [3.8, 4) is 0 Å². The molecule has 0 bridgehead atoms. The summed E-state index contributed by atoms with van der Waals surface area (Å²) >= 11 is 7.51. The molecule has 0 amide bonds. The predicted octanol–water partition coefficient (Wildman–Crippen LogP) is 2.43. The minimum Gasteiger partial charge on any atom is -0.393 e. The van der Waals surface area contributed by atoms with Crippen molar-refractivity contribution in [2.45, 2.75) is 6.42 Å². The maximum atomic E-state index is 5.78. The Hall–Kier alpha value is -1.33. The Labute approximate surface area is 102 Å². The van der Waals surface area contributed by atoms with Gasteiger partial charge in [0.15, 0.2) is 11.0 Å². The zero-order valence-corrected chi connectivity index (χ0v) is 10.1. The molecule has 0 saturated carbocycles. The lowest BCUT2D eigenvalue weighted by atomic mass is 10.3. The Morgan fingerprint density at radius 1 is 1.44 bits per heavy atom. The van der Waals surface area contributed by atoms with E-state index in [1.54, 1.807) is 11.3 Å². The van der Waals surface area contributed by atoms with E-state index in [0.717, 1.165) is 13.0 Å². The summed E-state index contributed by atoms with van der Waals surface area (Å²) in [6.45, 7) is 0.776. The first kappa shape index (κ1) is 11.2. The number of nitrogens with two attached hydrogens (primary N) is 1. The second kappa shape index (κ2) is 5.14. The smallest absolute Gasteiger partial charge is 0.157 e. The standard InChI is InChI=1S/C10H11ClN4S/c11-9-8(12)10(15-6-14-9)13-4-3-7-2-1-5-16-7/h1-2,5-6H,3-4,12H2,(H,13,14,15). The van der Waals surface area contributed by atoms with E-state index in [1.165, 1.54) is 11.2 Å². The molecular formula is C10H11ClN4S. The number of aromatic nitrogens is 2. The van der Waals surface area contributed by atoms with Gasteiger partial charge in [-0.15, -0.1) is 11.3 Å². The summed E-state index contributed by atoms with van der Waals surface area (Å²) in [7, 11) is 0. The van der Waals surface area contributed by atoms with Gasteiger partial charge in [0.1, 0.15) is 12.0 Å². The number of hydrogen-bond donors (Lipinski definition) is 2. The van der Waals surface area contributed by atoms with Crippen molar-refractivity contribution in [2.75, 3.05) is 17.6 Å². The van der Waals surface area contributed by atoms with Gasteiger partial charge in [0.25, 0.3) is 0 Å². The summed E-state index contributed by atoms with van der Waals surface area (Å²) in [5.41, 5.74) is 6.12. The molecule has 2 aromatic heterocycles. The average Bonchev–Trinajstić information content (AvgIpc) is 2.77. The third-order valence-corrected chi connectivity index (χ3v) is 3.32. The van der Waals surface area contributed by atoms with Gasteiger partial charge in [-0.2, -0.15) is 0 Å². The summed E-state index contributed by atoms with van der Waals surface area (Å²) in [6, 6.07) is 4.14. The van der Waals surface area contributed by atoms with Crippen molar-refractivity contribution >= 4 is 34.4 Å². The first-order valence-corrected chi connectivity index (χ1v) is 6.05. The molecule has 3 N–H and O–H groups in total. The Morgan fingerprint density at radius 3 is 3.06 bits per heavy atom. The van der Waals surface area contributed by atoms with Gasteiger partial charge < -0.3 is 11.1 Å². The van der Waals surface area contributed by atoms with Gasteiger partial charge in [0.05, 0.1) is 0 Å². The van der Waals surface area contributed by atoms with Crippen LogP contribution in [0.4, 0.5) is 11.5 Å². The quantitative estimate of drug-likeness (QED) is 0.823. The first-order chi connectivity index (χ1) is 7.77. The van der Waals surface area contributed by atoms with Crippen molar-refractivity contribution in [2.24, 2.45) is 0 Å². The lowest BCUT2D eigenvalue weighted by Crippen LogP contribution is -2.08. The van der Waals surface area contributed by atoms with Crippen LogP contribution in [0.5, 0.6) is 0 Å². The maximum Gasteiger partial charge on any atom is 0.157 e. The molecule has 0 radical (unpaired) electrons. The molecule has 0 aliphatic rings. The largest absolute Gasteiger partial charge is 0.393 e. The van der Waals surface area contributed by atoms with Crippen LogP contribution in [0.2, 0.25) is 5.15 Å². The molecule has 0 aliphatic heterocycles. The highest BCUT2D eigenvalue weighted by molar-refractivity contribution is 7.09. The maximum absolute atomic E-state index is 5.78. The van der Waals surface area contributed by atoms with Crippen LogP contribution < -0.4 is 11.1 Å². The molecule has 84 valence electrons. The topological polar surface area (TPSA) is 63.8 Å². The van der Waals surface area contributed by atoms with Gasteiger partial charge in [0, 0.05) is 11.4 Å². The molecule has 0 atom stereocenters. The van der Waals surface area contributed by atoms with Crippen molar-refractivity contribution in [1.29, 1.82) is 0 Å². The van der Waals surface area contributed by atoms with E-state index in [9.17, 15) is 0 Å². The second-order valence-corrected chi connectivity index (χ2v) is 4.57. The molecular weight excluding hydrogens is 244 g/mol. The molecule has 0 saturated heterocycles. The molecule has 2 heterocycles. The number of nitrogens with one attached hydrogen (secondary N) is 1. The van der Waals surface area contributed by atoms with Crippen molar-refractivity contribution in [1.82, 2.24) is 9.97 Å². The van der Waals surface area contributed by atoms with E-state index in [0.29, 0.717) is 11.5 Å². The van der Waals surface area contributed by atoms with Gasteiger partial charge in [-0.3, -0.25) is 0 Å². The van der Waals surface area contributed by atoms with Crippen LogP contribution in [0.1, 0.15) is 4.88 Å². The highest BCUT2D eigenvalue weighted by Gasteiger charge is 2.04. The van der Waals surface area contributed by atoms with Crippen LogP contribution in [-0.2, 0) is 6.42 Å². The van der Waals surface area contributed by atoms with Gasteiger partial charge >= 0.3 is 0 Å². The molecule has 2 aromatic rings. The van der Waals surface area contributed by atoms with Gasteiger partial charge in [-0.25, -0.2) is 9.97 Å². The minimum atomic E-state index is 0.286. The van der Waals surface area contributed by atoms with Crippen molar-refractivity contribution in [3.63, 3.8) is 0 Å². The highest BCUT2D eigenvalue weighted by Crippen LogP contribution is 2.21. The summed E-state index contributed by atoms with van der Waals surface area (Å²) in [6.07, 6.45) is 2.34. The summed E-state index contributed by atoms with van der Waals surface area (Å²) in [5, 5.41) is 5.48. The van der Waals surface area contributed by atoms with Crippen LogP contribution in [0.3, 0.4) is 0 Å². The van der Waals surface area contributed by atoms with E-state index in [1.807, 2.05) is 6.07 Å². The molecule has 4 nitrogen and oxygen atoms in total. The fraction of sp³-hybridized carbons (Fsp3) is 0.200. The zero-order chi connectivity index (χ0) is 11.4. The predicted molar refractivity (Wildman–Crippen MR) is 68.0 cm³/mol. The van der Waals surface area contributed by atoms with E-state index in [4.69, 9.17) is 17.3 Å². The fourth-order valence-corrected chi connectivity index (χ4v) is 2.12. The van der Waals surface area contributed by atoms with Crippen LogP contribution >= 0.6 is 22.9 Å². The molecule has 0 unspecified atom stereocenters. The molecule has 0 aliphatic carbocycles. The summed E-state index contributed by atoms with van der Waals surface area (Å²) < 4.78 is 0. The van der Waals surface area contributed by atoms with Crippen LogP contribution in [0.15, 0.2) is 23.8 Å². The van der Waals surface area contributed by atoms with E-state index in [-0.39, 0.29) is 5.15 Å². The fourth-order valence-electron chi connectivity index (χ4n) is 1.27. The normalized spacial score (nSPS) is 10.3. The summed E-state index contributed by atoms with van der Waals surface area (Å²) in [5.74, 6) is 0.594. The third-order valence-electron chi connectivity index (χ3n) is 2.08. The Balaban J connectivity index is 1.92. The molecule has 2 rings (SSSR count). The van der Waals surface area contributed by atoms with E-state index in [2.05, 4.69) is 26.7 Å². The average molecular weight is 255 g/mol. The van der Waals surface area contributed by atoms with E-state index >= 15 is 0 Å². The number of anilines is 2. The number of hydrogen-bond acceptors (Lipinski definition) is 5. The minimum absolute atomic E-state index is 0.286. The number of nitrogens with zero attached hydrogens (tertiary/aromatic N) is 2. The Kier molecular flexibility index (Phi) is 3.58. The second-order valence-electron chi connectivity index (χ2n) is 3.18. The van der Waals surface area contributed by atoms with Crippen molar-refractivity contribution < 1.29 is 0 Å². The number of halogens is 1. The van der Waals surface area contributed by atoms with Crippen molar-refractivity contribution in [3.05, 3.63) is 33.9 Å². The molecule has 16 heavy (non-hydrogen) atoms. The van der Waals surface area contributed by atoms with Crippen LogP contribution in [0, 0.1) is 0 Å². The van der Waals surface area contributed by atoms with Crippen LogP contribution in [0.25, 0.3) is 0 Å². The number of nitrogen functional groups attached to an aromatic ring is 1. The Morgan fingerprint density at radius 2 is 2.31 bits per heavy atom. The molecule has 0 aromatic carbocycles. The Bertz CT molecular complexity index is 458. The van der Waals surface area contributed by atoms with Gasteiger partial charge in [-0.1, -0.05) is 17.7 Å². The lowest BCUT2D eigenvalue weighted by Gasteiger charge is -2.07. The summed E-state index contributed by atoms with van der Waals surface area (Å²) in [4.78, 5) is 9.14. The highest BCUT2D eigenvalue weighted by atomic mass is 35.5. The number of thiophene rings is 1. The van der Waals surface area contributed by atoms with E-state index < -0.39 is 0 Å². The van der Waals surface area contributed by atoms with Gasteiger partial charge in [0.2, 0.25) is 0 Å². The van der Waals surface area contributed by atoms with Gasteiger partial charge in [-0.05, 0) is 17.9 Å². The monoisotopic (exact) mass is 254 g/mol. The van der Waals surface area contributed by atoms with Crippen LogP contribution in [-0.4, -0.2) is 16.5 Å². The molecule has 0 spiro atoms. The SMILES string of the molecule is Nc1c(Cl)ncnc1NCCc1cccs1. The molecule has 0 fully saturated rings. The molecule has 6 heteroatoms. The first-order valence-electron chi connectivity index (χ1n) is 4.79. The third kappa shape index (κ3) is 2.62. The lowest BCUT2D eigenvalue weighted by molar-refractivity contribution is 1.02.